The quantitative estimate of drug-likeness (QED) is 0.556. The lowest BCUT2D eigenvalue weighted by Gasteiger charge is -2.25. The van der Waals surface area contributed by atoms with Crippen LogP contribution in [0.1, 0.15) is 22.3 Å². The van der Waals surface area contributed by atoms with E-state index in [1.807, 2.05) is 60.7 Å². The lowest BCUT2D eigenvalue weighted by molar-refractivity contribution is -0.121. The van der Waals surface area contributed by atoms with E-state index < -0.39 is 17.5 Å². The molecule has 0 fully saturated rings. The van der Waals surface area contributed by atoms with Crippen LogP contribution in [0.25, 0.3) is 0 Å². The molecule has 0 aliphatic rings. The average Bonchev–Trinajstić information content (AvgIpc) is 2.74. The van der Waals surface area contributed by atoms with E-state index in [9.17, 15) is 18.4 Å². The van der Waals surface area contributed by atoms with E-state index in [0.717, 1.165) is 23.4 Å². The van der Waals surface area contributed by atoms with E-state index in [4.69, 9.17) is 0 Å². The number of nitrogens with one attached hydrogen (secondary N) is 2. The summed E-state index contributed by atoms with van der Waals surface area (Å²) in [7, 11) is 0. The highest BCUT2D eigenvalue weighted by molar-refractivity contribution is 5.94. The van der Waals surface area contributed by atoms with Crippen LogP contribution in [0.5, 0.6) is 0 Å². The average molecular weight is 409 g/mol. The van der Waals surface area contributed by atoms with Gasteiger partial charge in [-0.05, 0) is 29.8 Å². The zero-order valence-corrected chi connectivity index (χ0v) is 16.1. The van der Waals surface area contributed by atoms with Crippen molar-refractivity contribution < 1.29 is 18.4 Å². The van der Waals surface area contributed by atoms with Gasteiger partial charge in [0.1, 0.15) is 11.6 Å². The molecule has 0 radical (unpaired) electrons. The van der Waals surface area contributed by atoms with Gasteiger partial charge in [0.05, 0.1) is 17.8 Å². The molecule has 5 nitrogen and oxygen atoms in total. The monoisotopic (exact) mass is 409 g/mol. The van der Waals surface area contributed by atoms with Gasteiger partial charge in [0, 0.05) is 19.0 Å². The number of carbonyl (C=O) groups excluding carboxylic acids is 2. The molecular formula is C23H21F2N3O2. The predicted octanol–water partition coefficient (Wildman–Crippen LogP) is 3.82. The third kappa shape index (κ3) is 5.88. The van der Waals surface area contributed by atoms with Gasteiger partial charge in [0.2, 0.25) is 5.91 Å². The normalized spacial score (nSPS) is 10.3. The Kier molecular flexibility index (Phi) is 7.10. The van der Waals surface area contributed by atoms with Gasteiger partial charge in [0.25, 0.3) is 5.91 Å². The summed E-state index contributed by atoms with van der Waals surface area (Å²) >= 11 is 0. The Morgan fingerprint density at radius 2 is 1.53 bits per heavy atom. The number of anilines is 1. The van der Waals surface area contributed by atoms with E-state index in [2.05, 4.69) is 10.7 Å². The molecule has 0 aliphatic carbocycles. The van der Waals surface area contributed by atoms with Crippen molar-refractivity contribution >= 4 is 17.5 Å². The maximum Gasteiger partial charge on any atom is 0.254 e. The molecule has 0 unspecified atom stereocenters. The van der Waals surface area contributed by atoms with Crippen molar-refractivity contribution in [1.82, 2.24) is 10.7 Å². The van der Waals surface area contributed by atoms with Crippen LogP contribution in [-0.2, 0) is 11.3 Å². The fourth-order valence-corrected chi connectivity index (χ4v) is 2.83. The molecule has 3 aromatic rings. The molecule has 154 valence electrons. The Balaban J connectivity index is 1.57. The first-order valence-corrected chi connectivity index (χ1v) is 9.42. The fraction of sp³-hybridized carbons (Fsp3) is 0.130. The second kappa shape index (κ2) is 10.2. The maximum atomic E-state index is 13.7. The minimum atomic E-state index is -0.949. The molecule has 0 saturated heterocycles. The maximum absolute atomic E-state index is 13.7. The first-order valence-electron chi connectivity index (χ1n) is 9.42. The number of rotatable bonds is 8. The molecule has 0 atom stereocenters. The van der Waals surface area contributed by atoms with Crippen molar-refractivity contribution in [3.63, 3.8) is 0 Å². The summed E-state index contributed by atoms with van der Waals surface area (Å²) in [5, 5.41) is 4.19. The summed E-state index contributed by atoms with van der Waals surface area (Å²) in [5.41, 5.74) is 4.39. The zero-order valence-electron chi connectivity index (χ0n) is 16.1. The van der Waals surface area contributed by atoms with Crippen LogP contribution >= 0.6 is 0 Å². The molecule has 0 aliphatic heterocycles. The van der Waals surface area contributed by atoms with Crippen LogP contribution in [0.15, 0.2) is 78.9 Å². The van der Waals surface area contributed by atoms with Crippen molar-refractivity contribution in [3.8, 4) is 0 Å². The fourth-order valence-electron chi connectivity index (χ4n) is 2.83. The largest absolute Gasteiger partial charge is 0.351 e. The summed E-state index contributed by atoms with van der Waals surface area (Å²) in [6, 6.07) is 21.8. The van der Waals surface area contributed by atoms with E-state index in [1.165, 1.54) is 0 Å². The van der Waals surface area contributed by atoms with Gasteiger partial charge < -0.3 is 5.32 Å². The molecule has 0 spiro atoms. The van der Waals surface area contributed by atoms with Crippen LogP contribution in [0.3, 0.4) is 0 Å². The van der Waals surface area contributed by atoms with Crippen molar-refractivity contribution in [1.29, 1.82) is 0 Å². The highest BCUT2D eigenvalue weighted by Gasteiger charge is 2.14. The Labute approximate surface area is 173 Å². The zero-order chi connectivity index (χ0) is 21.3. The minimum absolute atomic E-state index is 0.00726. The number of nitrogens with zero attached hydrogens (tertiary/aromatic N) is 1. The van der Waals surface area contributed by atoms with Crippen molar-refractivity contribution in [2.24, 2.45) is 0 Å². The number of benzene rings is 3. The van der Waals surface area contributed by atoms with Crippen molar-refractivity contribution in [2.45, 2.75) is 13.0 Å². The molecule has 0 heterocycles. The van der Waals surface area contributed by atoms with Crippen LogP contribution in [0.2, 0.25) is 0 Å². The molecule has 0 aromatic heterocycles. The smallest absolute Gasteiger partial charge is 0.254 e. The Morgan fingerprint density at radius 1 is 0.867 bits per heavy atom. The van der Waals surface area contributed by atoms with Gasteiger partial charge in [-0.2, -0.15) is 0 Å². The predicted molar refractivity (Wildman–Crippen MR) is 111 cm³/mol. The minimum Gasteiger partial charge on any atom is -0.351 e. The number of hydrogen-bond donors (Lipinski definition) is 2. The molecule has 7 heteroatoms. The topological polar surface area (TPSA) is 61.4 Å². The van der Waals surface area contributed by atoms with Gasteiger partial charge in [-0.25, -0.2) is 8.78 Å². The van der Waals surface area contributed by atoms with Gasteiger partial charge >= 0.3 is 0 Å². The van der Waals surface area contributed by atoms with Gasteiger partial charge in [-0.15, -0.1) is 0 Å². The number of hydrazine groups is 1. The van der Waals surface area contributed by atoms with Crippen LogP contribution < -0.4 is 15.8 Å². The molecular weight excluding hydrogens is 388 g/mol. The van der Waals surface area contributed by atoms with Crippen molar-refractivity contribution in [3.05, 3.63) is 102 Å². The number of amides is 2. The third-order valence-electron chi connectivity index (χ3n) is 4.32. The molecule has 3 rings (SSSR count). The van der Waals surface area contributed by atoms with E-state index in [0.29, 0.717) is 12.6 Å². The first kappa shape index (κ1) is 21.0. The standard InChI is InChI=1S/C23H21F2N3O2/c24-18-11-12-20(21(25)15-18)23(30)26-14-13-22(29)27-28(19-9-5-2-6-10-19)16-17-7-3-1-4-8-17/h1-12,15H,13-14,16H2,(H,26,30)(H,27,29). The van der Waals surface area contributed by atoms with Gasteiger partial charge in [-0.3, -0.25) is 20.0 Å². The third-order valence-corrected chi connectivity index (χ3v) is 4.32. The highest BCUT2D eigenvalue weighted by Crippen LogP contribution is 2.15. The van der Waals surface area contributed by atoms with E-state index in [1.54, 1.807) is 5.01 Å². The van der Waals surface area contributed by atoms with Crippen LogP contribution in [0, 0.1) is 11.6 Å². The number of para-hydroxylation sites is 1. The van der Waals surface area contributed by atoms with E-state index >= 15 is 0 Å². The molecule has 30 heavy (non-hydrogen) atoms. The highest BCUT2D eigenvalue weighted by atomic mass is 19.1. The summed E-state index contributed by atoms with van der Waals surface area (Å²) in [6.45, 7) is 0.471. The van der Waals surface area contributed by atoms with Crippen LogP contribution in [-0.4, -0.2) is 18.4 Å². The first-order chi connectivity index (χ1) is 14.5. The summed E-state index contributed by atoms with van der Waals surface area (Å²) < 4.78 is 26.6. The van der Waals surface area contributed by atoms with Crippen molar-refractivity contribution in [2.75, 3.05) is 11.6 Å². The second-order valence-electron chi connectivity index (χ2n) is 6.57. The lowest BCUT2D eigenvalue weighted by atomic mass is 10.2. The lowest BCUT2D eigenvalue weighted by Crippen LogP contribution is -2.43. The SMILES string of the molecule is O=C(CCNC(=O)c1ccc(F)cc1F)NN(Cc1ccccc1)c1ccccc1. The molecule has 0 saturated carbocycles. The second-order valence-corrected chi connectivity index (χ2v) is 6.57. The Hall–Kier alpha value is -3.74. The number of halogens is 2. The van der Waals surface area contributed by atoms with E-state index in [-0.39, 0.29) is 24.4 Å². The Morgan fingerprint density at radius 3 is 2.20 bits per heavy atom. The molecule has 0 bridgehead atoms. The Bertz CT molecular complexity index is 998. The summed E-state index contributed by atoms with van der Waals surface area (Å²) in [4.78, 5) is 24.4. The van der Waals surface area contributed by atoms with Gasteiger partial charge in [-0.1, -0.05) is 48.5 Å². The summed E-state index contributed by atoms with van der Waals surface area (Å²) in [5.74, 6) is -2.72. The number of hydrogen-bond acceptors (Lipinski definition) is 3. The van der Waals surface area contributed by atoms with Crippen LogP contribution in [0.4, 0.5) is 14.5 Å². The molecule has 2 N–H and O–H groups in total. The molecule has 2 amide bonds. The van der Waals surface area contributed by atoms with Gasteiger partial charge in [0.15, 0.2) is 0 Å². The number of carbonyl (C=O) groups is 2. The molecule has 3 aromatic carbocycles. The summed E-state index contributed by atoms with van der Waals surface area (Å²) in [6.07, 6.45) is -0.00726.